The van der Waals surface area contributed by atoms with Gasteiger partial charge in [0.1, 0.15) is 0 Å². The summed E-state index contributed by atoms with van der Waals surface area (Å²) in [4.78, 5) is 0. The van der Waals surface area contributed by atoms with Gasteiger partial charge < -0.3 is 10.4 Å². The maximum atomic E-state index is 9.62. The van der Waals surface area contributed by atoms with Crippen LogP contribution < -0.4 is 5.32 Å². The van der Waals surface area contributed by atoms with Crippen molar-refractivity contribution in [3.8, 4) is 0 Å². The summed E-state index contributed by atoms with van der Waals surface area (Å²) in [7, 11) is 0. The third-order valence-electron chi connectivity index (χ3n) is 6.37. The molecule has 2 N–H and O–H groups in total. The maximum Gasteiger partial charge on any atom is 0.0541 e. The van der Waals surface area contributed by atoms with Gasteiger partial charge in [-0.3, -0.25) is 0 Å². The van der Waals surface area contributed by atoms with Gasteiger partial charge in [-0.1, -0.05) is 20.8 Å². The quantitative estimate of drug-likeness (QED) is 0.790. The van der Waals surface area contributed by atoms with Gasteiger partial charge >= 0.3 is 0 Å². The molecule has 0 aromatic rings. The molecule has 104 valence electrons. The fourth-order valence-electron chi connectivity index (χ4n) is 5.20. The highest BCUT2D eigenvalue weighted by molar-refractivity contribution is 5.12. The van der Waals surface area contributed by atoms with Crippen LogP contribution in [0.5, 0.6) is 0 Å². The molecule has 0 heterocycles. The molecule has 0 aliphatic heterocycles. The van der Waals surface area contributed by atoms with E-state index in [2.05, 4.69) is 26.1 Å². The summed E-state index contributed by atoms with van der Waals surface area (Å²) >= 11 is 0. The molecule has 3 atom stereocenters. The molecule has 0 aromatic carbocycles. The van der Waals surface area contributed by atoms with Gasteiger partial charge in [-0.25, -0.2) is 0 Å². The topological polar surface area (TPSA) is 32.3 Å². The fourth-order valence-corrected chi connectivity index (χ4v) is 5.20. The number of rotatable bonds is 2. The van der Waals surface area contributed by atoms with Crippen LogP contribution in [-0.2, 0) is 0 Å². The Morgan fingerprint density at radius 1 is 1.00 bits per heavy atom. The Kier molecular flexibility index (Phi) is 3.02. The Bertz CT molecular complexity index is 314. The van der Waals surface area contributed by atoms with Crippen LogP contribution in [0, 0.1) is 16.7 Å². The highest BCUT2D eigenvalue weighted by atomic mass is 16.3. The summed E-state index contributed by atoms with van der Waals surface area (Å²) in [6, 6.07) is 1.33. The molecular formula is C16H29NO. The summed E-state index contributed by atoms with van der Waals surface area (Å²) in [6.45, 7) is 7.44. The normalized spacial score (nSPS) is 50.7. The standard InChI is InChI=1S/C16H29NO/c1-15(2)11-8-9-16(3,10-11)14(15)17-12-4-6-13(18)7-5-12/h11-14,17-18H,4-10H2,1-3H3/t11-,12?,13?,14?,16+/m0/s1. The molecular weight excluding hydrogens is 222 g/mol. The van der Waals surface area contributed by atoms with Crippen molar-refractivity contribution in [2.45, 2.75) is 83.9 Å². The monoisotopic (exact) mass is 251 g/mol. The zero-order valence-electron chi connectivity index (χ0n) is 12.2. The smallest absolute Gasteiger partial charge is 0.0541 e. The van der Waals surface area contributed by atoms with Crippen molar-refractivity contribution in [2.75, 3.05) is 0 Å². The number of aliphatic hydroxyl groups excluding tert-OH is 1. The number of hydrogen-bond donors (Lipinski definition) is 2. The Hall–Kier alpha value is -0.0800. The van der Waals surface area contributed by atoms with Crippen molar-refractivity contribution in [1.29, 1.82) is 0 Å². The molecule has 1 unspecified atom stereocenters. The first-order valence-corrected chi connectivity index (χ1v) is 7.86. The number of aliphatic hydroxyl groups is 1. The van der Waals surface area contributed by atoms with Crippen LogP contribution in [0.15, 0.2) is 0 Å². The van der Waals surface area contributed by atoms with E-state index < -0.39 is 0 Å². The average Bonchev–Trinajstić information content (AvgIpc) is 2.78. The summed E-state index contributed by atoms with van der Waals surface area (Å²) in [5, 5.41) is 13.6. The summed E-state index contributed by atoms with van der Waals surface area (Å²) in [5.41, 5.74) is 0.993. The third-order valence-corrected chi connectivity index (χ3v) is 6.37. The molecule has 3 saturated carbocycles. The average molecular weight is 251 g/mol. The maximum absolute atomic E-state index is 9.62. The zero-order chi connectivity index (χ0) is 13.0. The molecule has 2 bridgehead atoms. The fraction of sp³-hybridized carbons (Fsp3) is 1.00. The van der Waals surface area contributed by atoms with E-state index in [-0.39, 0.29) is 6.10 Å². The van der Waals surface area contributed by atoms with Crippen LogP contribution in [-0.4, -0.2) is 23.3 Å². The number of hydrogen-bond acceptors (Lipinski definition) is 2. The minimum atomic E-state index is -0.0355. The molecule has 0 spiro atoms. The molecule has 0 amide bonds. The zero-order valence-corrected chi connectivity index (χ0v) is 12.2. The third kappa shape index (κ3) is 1.92. The van der Waals surface area contributed by atoms with Crippen molar-refractivity contribution < 1.29 is 5.11 Å². The van der Waals surface area contributed by atoms with Gasteiger partial charge in [0.15, 0.2) is 0 Å². The Balaban J connectivity index is 1.68. The van der Waals surface area contributed by atoms with Gasteiger partial charge in [0, 0.05) is 12.1 Å². The predicted molar refractivity (Wildman–Crippen MR) is 74.4 cm³/mol. The van der Waals surface area contributed by atoms with Gasteiger partial charge in [0.05, 0.1) is 6.10 Å². The molecule has 2 nitrogen and oxygen atoms in total. The van der Waals surface area contributed by atoms with Gasteiger partial charge in [-0.05, 0) is 61.7 Å². The highest BCUT2D eigenvalue weighted by Gasteiger charge is 2.59. The van der Waals surface area contributed by atoms with Crippen molar-refractivity contribution in [3.05, 3.63) is 0 Å². The van der Waals surface area contributed by atoms with Gasteiger partial charge in [-0.15, -0.1) is 0 Å². The lowest BCUT2D eigenvalue weighted by molar-refractivity contribution is 0.0716. The second-order valence-corrected chi connectivity index (χ2v) is 8.02. The van der Waals surface area contributed by atoms with E-state index in [4.69, 9.17) is 0 Å². The van der Waals surface area contributed by atoms with Crippen LogP contribution in [0.4, 0.5) is 0 Å². The minimum Gasteiger partial charge on any atom is -0.393 e. The van der Waals surface area contributed by atoms with Gasteiger partial charge in [-0.2, -0.15) is 0 Å². The largest absolute Gasteiger partial charge is 0.393 e. The van der Waals surface area contributed by atoms with E-state index in [0.717, 1.165) is 31.6 Å². The second-order valence-electron chi connectivity index (χ2n) is 8.02. The number of nitrogens with one attached hydrogen (secondary N) is 1. The molecule has 2 heteroatoms. The summed E-state index contributed by atoms with van der Waals surface area (Å²) in [6.07, 6.45) is 8.54. The van der Waals surface area contributed by atoms with Crippen LogP contribution in [0.1, 0.15) is 65.7 Å². The summed E-state index contributed by atoms with van der Waals surface area (Å²) in [5.74, 6) is 0.925. The Labute approximate surface area is 112 Å². The SMILES string of the molecule is CC1(C)C(NC2CCC(O)CC2)[C@]2(C)CC[C@H]1C2. The van der Waals surface area contributed by atoms with E-state index in [9.17, 15) is 5.11 Å². The van der Waals surface area contributed by atoms with Crippen LogP contribution in [0.3, 0.4) is 0 Å². The van der Waals surface area contributed by atoms with Crippen molar-refractivity contribution in [3.63, 3.8) is 0 Å². The van der Waals surface area contributed by atoms with Gasteiger partial charge in [0.25, 0.3) is 0 Å². The van der Waals surface area contributed by atoms with Crippen molar-refractivity contribution >= 4 is 0 Å². The van der Waals surface area contributed by atoms with Crippen molar-refractivity contribution in [2.24, 2.45) is 16.7 Å². The molecule has 3 aliphatic rings. The number of fused-ring (bicyclic) bond motifs is 2. The summed E-state index contributed by atoms with van der Waals surface area (Å²) < 4.78 is 0. The first-order chi connectivity index (χ1) is 8.42. The molecule has 0 radical (unpaired) electrons. The van der Waals surface area contributed by atoms with Crippen LogP contribution >= 0.6 is 0 Å². The minimum absolute atomic E-state index is 0.0355. The van der Waals surface area contributed by atoms with Crippen molar-refractivity contribution in [1.82, 2.24) is 5.32 Å². The second kappa shape index (κ2) is 4.21. The highest BCUT2D eigenvalue weighted by Crippen LogP contribution is 2.62. The van der Waals surface area contributed by atoms with Crippen LogP contribution in [0.25, 0.3) is 0 Å². The predicted octanol–water partition coefficient (Wildman–Crippen LogP) is 3.09. The van der Waals surface area contributed by atoms with E-state index in [0.29, 0.717) is 22.9 Å². The van der Waals surface area contributed by atoms with E-state index in [1.165, 1.54) is 19.3 Å². The Morgan fingerprint density at radius 3 is 2.22 bits per heavy atom. The molecule has 3 fully saturated rings. The molecule has 0 saturated heterocycles. The lowest BCUT2D eigenvalue weighted by atomic mass is 9.68. The molecule has 18 heavy (non-hydrogen) atoms. The van der Waals surface area contributed by atoms with E-state index in [1.807, 2.05) is 0 Å². The van der Waals surface area contributed by atoms with E-state index in [1.54, 1.807) is 0 Å². The van der Waals surface area contributed by atoms with Gasteiger partial charge in [0.2, 0.25) is 0 Å². The lowest BCUT2D eigenvalue weighted by Gasteiger charge is -2.46. The lowest BCUT2D eigenvalue weighted by Crippen LogP contribution is -2.54. The molecule has 3 aliphatic carbocycles. The first-order valence-electron chi connectivity index (χ1n) is 7.86. The first kappa shape index (κ1) is 12.9. The molecule has 3 rings (SSSR count). The molecule has 0 aromatic heterocycles. The Morgan fingerprint density at radius 2 is 1.67 bits per heavy atom. The van der Waals surface area contributed by atoms with E-state index >= 15 is 0 Å². The van der Waals surface area contributed by atoms with Crippen LogP contribution in [0.2, 0.25) is 0 Å².